The maximum absolute atomic E-state index is 13.6. The van der Waals surface area contributed by atoms with Gasteiger partial charge in [-0.25, -0.2) is 5.43 Å². The Morgan fingerprint density at radius 3 is 2.59 bits per heavy atom. The molecule has 0 aliphatic heterocycles. The molecule has 0 aliphatic carbocycles. The summed E-state index contributed by atoms with van der Waals surface area (Å²) in [6.45, 7) is 4.25. The van der Waals surface area contributed by atoms with Crippen molar-refractivity contribution < 1.29 is 50.7 Å². The van der Waals surface area contributed by atoms with E-state index in [-0.39, 0.29) is 37.6 Å². The van der Waals surface area contributed by atoms with Gasteiger partial charge in [0.1, 0.15) is 11.2 Å². The van der Waals surface area contributed by atoms with E-state index in [4.69, 9.17) is 4.42 Å². The largest absolute Gasteiger partial charge is 0.471 e. The number of furan rings is 1. The molecular formula is C26H33N2O4SY-. The van der Waals surface area contributed by atoms with E-state index in [0.29, 0.717) is 29.8 Å². The number of nitrogens with zero attached hydrogens (tertiary/aromatic N) is 1. The number of aryl methyl sites for hydroxylation is 2. The van der Waals surface area contributed by atoms with E-state index in [2.05, 4.69) is 18.4 Å². The number of hydrogen-bond acceptors (Lipinski definition) is 5. The molecule has 2 N–H and O–H groups in total. The minimum absolute atomic E-state index is 0. The minimum atomic E-state index is -3.96. The fourth-order valence-corrected chi connectivity index (χ4v) is 5.28. The SMILES string of the molecule is CCCCCC(O)c1ccccc1N(NCCCc1c[c-]ccc1)S(=O)(=O)c1cocc1C.[Y]. The third-order valence-corrected chi connectivity index (χ3v) is 7.37. The Kier molecular flexibility index (Phi) is 12.0. The molecule has 3 rings (SSSR count). The molecule has 1 aromatic heterocycles. The first-order valence-electron chi connectivity index (χ1n) is 11.5. The molecule has 1 unspecified atom stereocenters. The van der Waals surface area contributed by atoms with Crippen LogP contribution in [0, 0.1) is 13.0 Å². The van der Waals surface area contributed by atoms with Crippen LogP contribution in [-0.2, 0) is 49.2 Å². The molecule has 0 fully saturated rings. The van der Waals surface area contributed by atoms with Gasteiger partial charge in [0.2, 0.25) is 0 Å². The summed E-state index contributed by atoms with van der Waals surface area (Å²) < 4.78 is 33.6. The third-order valence-electron chi connectivity index (χ3n) is 5.59. The molecule has 1 heterocycles. The zero-order valence-electron chi connectivity index (χ0n) is 19.9. The molecule has 3 aromatic rings. The second-order valence-corrected chi connectivity index (χ2v) is 9.94. The second-order valence-electron chi connectivity index (χ2n) is 8.18. The van der Waals surface area contributed by atoms with Gasteiger partial charge in [0.15, 0.2) is 0 Å². The van der Waals surface area contributed by atoms with Crippen LogP contribution in [0.15, 0.2) is 70.4 Å². The number of rotatable bonds is 13. The topological polar surface area (TPSA) is 82.8 Å². The van der Waals surface area contributed by atoms with Gasteiger partial charge in [-0.05, 0) is 25.8 Å². The summed E-state index contributed by atoms with van der Waals surface area (Å²) in [5, 5.41) is 10.9. The monoisotopic (exact) mass is 558 g/mol. The summed E-state index contributed by atoms with van der Waals surface area (Å²) in [6, 6.07) is 17.9. The predicted octanol–water partition coefficient (Wildman–Crippen LogP) is 5.33. The van der Waals surface area contributed by atoms with Crippen molar-refractivity contribution in [3.63, 3.8) is 0 Å². The Morgan fingerprint density at radius 2 is 1.91 bits per heavy atom. The van der Waals surface area contributed by atoms with Crippen LogP contribution in [0.1, 0.15) is 61.8 Å². The summed E-state index contributed by atoms with van der Waals surface area (Å²) in [5.41, 5.74) is 5.79. The number of para-hydroxylation sites is 1. The smallest absolute Gasteiger partial charge is 0.281 e. The molecule has 0 saturated carbocycles. The van der Waals surface area contributed by atoms with E-state index in [1.54, 1.807) is 25.1 Å². The molecule has 0 spiro atoms. The molecule has 2 aromatic carbocycles. The van der Waals surface area contributed by atoms with Crippen LogP contribution in [0.5, 0.6) is 0 Å². The van der Waals surface area contributed by atoms with Crippen molar-refractivity contribution in [1.82, 2.24) is 5.43 Å². The zero-order chi connectivity index (χ0) is 23.7. The van der Waals surface area contributed by atoms with Gasteiger partial charge in [0, 0.05) is 50.4 Å². The number of unbranched alkanes of at least 4 members (excludes halogenated alkanes) is 2. The molecule has 8 heteroatoms. The minimum Gasteiger partial charge on any atom is -0.471 e. The quantitative estimate of drug-likeness (QED) is 0.168. The van der Waals surface area contributed by atoms with E-state index < -0.39 is 16.1 Å². The molecule has 34 heavy (non-hydrogen) atoms. The first kappa shape index (κ1) is 28.7. The van der Waals surface area contributed by atoms with Crippen LogP contribution in [-0.4, -0.2) is 20.1 Å². The summed E-state index contributed by atoms with van der Waals surface area (Å²) in [6.07, 6.45) is 6.97. The summed E-state index contributed by atoms with van der Waals surface area (Å²) in [5.74, 6) is 0. The fraction of sp³-hybridized carbons (Fsp3) is 0.385. The number of anilines is 1. The summed E-state index contributed by atoms with van der Waals surface area (Å²) in [4.78, 5) is 0.0999. The predicted molar refractivity (Wildman–Crippen MR) is 130 cm³/mol. The van der Waals surface area contributed by atoms with Crippen LogP contribution in [0.3, 0.4) is 0 Å². The summed E-state index contributed by atoms with van der Waals surface area (Å²) in [7, 11) is -3.96. The van der Waals surface area contributed by atoms with Gasteiger partial charge in [-0.2, -0.15) is 48.7 Å². The van der Waals surface area contributed by atoms with E-state index in [1.165, 1.54) is 16.9 Å². The number of hydrazine groups is 1. The Morgan fingerprint density at radius 1 is 1.12 bits per heavy atom. The van der Waals surface area contributed by atoms with Crippen LogP contribution >= 0.6 is 0 Å². The number of benzene rings is 2. The average Bonchev–Trinajstić information content (AvgIpc) is 3.26. The van der Waals surface area contributed by atoms with E-state index in [1.807, 2.05) is 30.3 Å². The normalized spacial score (nSPS) is 12.2. The molecule has 6 nitrogen and oxygen atoms in total. The van der Waals surface area contributed by atoms with Gasteiger partial charge in [-0.1, -0.05) is 50.8 Å². The molecular weight excluding hydrogens is 525 g/mol. The molecule has 0 saturated heterocycles. The first-order chi connectivity index (χ1) is 15.9. The van der Waals surface area contributed by atoms with Crippen molar-refractivity contribution in [3.8, 4) is 0 Å². The molecule has 1 radical (unpaired) electrons. The van der Waals surface area contributed by atoms with Crippen LogP contribution in [0.25, 0.3) is 0 Å². The van der Waals surface area contributed by atoms with Crippen LogP contribution < -0.4 is 9.84 Å². The maximum atomic E-state index is 13.6. The molecule has 0 bridgehead atoms. The fourth-order valence-electron chi connectivity index (χ4n) is 3.77. The maximum Gasteiger partial charge on any atom is 0.281 e. The molecule has 181 valence electrons. The van der Waals surface area contributed by atoms with Crippen molar-refractivity contribution in [2.75, 3.05) is 11.0 Å². The van der Waals surface area contributed by atoms with Crippen molar-refractivity contribution in [1.29, 1.82) is 0 Å². The zero-order valence-corrected chi connectivity index (χ0v) is 23.6. The van der Waals surface area contributed by atoms with Crippen molar-refractivity contribution in [3.05, 3.63) is 83.8 Å². The third kappa shape index (κ3) is 7.49. The van der Waals surface area contributed by atoms with Gasteiger partial charge in [0.25, 0.3) is 10.0 Å². The number of nitrogens with one attached hydrogen (secondary N) is 1. The van der Waals surface area contributed by atoms with Gasteiger partial charge in [-0.15, -0.1) is 0 Å². The van der Waals surface area contributed by atoms with Gasteiger partial charge < -0.3 is 9.52 Å². The molecule has 1 atom stereocenters. The number of aliphatic hydroxyl groups excluding tert-OH is 1. The van der Waals surface area contributed by atoms with Gasteiger partial charge in [-0.3, -0.25) is 0 Å². The van der Waals surface area contributed by atoms with Gasteiger partial charge in [0.05, 0.1) is 18.1 Å². The van der Waals surface area contributed by atoms with E-state index >= 15 is 0 Å². The van der Waals surface area contributed by atoms with Crippen molar-refractivity contribution >= 4 is 15.7 Å². The molecule has 0 amide bonds. The van der Waals surface area contributed by atoms with Gasteiger partial charge >= 0.3 is 0 Å². The number of aliphatic hydroxyl groups is 1. The van der Waals surface area contributed by atoms with Crippen LogP contribution in [0.4, 0.5) is 5.69 Å². The Bertz CT molecular complexity index is 1100. The second kappa shape index (κ2) is 14.1. The first-order valence-corrected chi connectivity index (χ1v) is 12.9. The number of sulfonamides is 1. The van der Waals surface area contributed by atoms with E-state index in [9.17, 15) is 13.5 Å². The summed E-state index contributed by atoms with van der Waals surface area (Å²) >= 11 is 0. The molecule has 0 aliphatic rings. The van der Waals surface area contributed by atoms with Crippen molar-refractivity contribution in [2.24, 2.45) is 0 Å². The Hall–Kier alpha value is -1.51. The average molecular weight is 559 g/mol. The number of hydrogen-bond donors (Lipinski definition) is 2. The Balaban J connectivity index is 0.00000408. The van der Waals surface area contributed by atoms with Crippen LogP contribution in [0.2, 0.25) is 0 Å². The van der Waals surface area contributed by atoms with E-state index in [0.717, 1.165) is 37.7 Å². The van der Waals surface area contributed by atoms with Crippen molar-refractivity contribution in [2.45, 2.75) is 63.4 Å². The standard InChI is InChI=1S/C26H33N2O4S.Y/c1-3-4-6-17-25(29)23-15-9-10-16-24(23)28(33(30,31)26-20-32-19-21(26)2)27-18-11-14-22-12-7-5-8-13-22;/h5,7,9-10,12-13,15-16,19-20,25,27,29H,3-4,6,11,14,17-18H2,1-2H3;/q-1;. The Labute approximate surface area is 228 Å².